The summed E-state index contributed by atoms with van der Waals surface area (Å²) in [7, 11) is 0. The van der Waals surface area contributed by atoms with Crippen LogP contribution < -0.4 is 14.8 Å². The molecule has 172 valence electrons. The molecule has 1 N–H and O–H groups in total. The Balaban J connectivity index is 2.25. The summed E-state index contributed by atoms with van der Waals surface area (Å²) in [6.07, 6.45) is 1.48. The van der Waals surface area contributed by atoms with Gasteiger partial charge in [0, 0.05) is 5.56 Å². The molecule has 0 radical (unpaired) electrons. The van der Waals surface area contributed by atoms with Gasteiger partial charge in [-0.25, -0.2) is 9.18 Å². The van der Waals surface area contributed by atoms with Crippen LogP contribution in [-0.4, -0.2) is 31.7 Å². The topological polar surface area (TPSA) is 73.9 Å². The summed E-state index contributed by atoms with van der Waals surface area (Å²) in [5.41, 5.74) is 0.897. The molecule has 0 aliphatic rings. The molecule has 0 unspecified atom stereocenters. The van der Waals surface area contributed by atoms with Gasteiger partial charge >= 0.3 is 5.97 Å². The van der Waals surface area contributed by atoms with Crippen LogP contribution in [0.2, 0.25) is 0 Å². The normalized spacial score (nSPS) is 10.7. The highest BCUT2D eigenvalue weighted by molar-refractivity contribution is 6.05. The van der Waals surface area contributed by atoms with E-state index in [1.807, 2.05) is 27.7 Å². The van der Waals surface area contributed by atoms with Crippen LogP contribution in [0.1, 0.15) is 48.4 Å². The van der Waals surface area contributed by atoms with Crippen LogP contribution in [0.25, 0.3) is 0 Å². The molecule has 0 aromatic heterocycles. The molecule has 2 rings (SSSR count). The van der Waals surface area contributed by atoms with Crippen molar-refractivity contribution in [3.63, 3.8) is 0 Å². The van der Waals surface area contributed by atoms with Gasteiger partial charge in [0.1, 0.15) is 12.4 Å². The zero-order valence-electron chi connectivity index (χ0n) is 18.9. The molecule has 0 bridgehead atoms. The molecule has 0 fully saturated rings. The van der Waals surface area contributed by atoms with Gasteiger partial charge in [0.2, 0.25) is 0 Å². The van der Waals surface area contributed by atoms with Gasteiger partial charge in [-0.05, 0) is 48.2 Å². The molecule has 0 heterocycles. The van der Waals surface area contributed by atoms with Gasteiger partial charge in [-0.3, -0.25) is 4.79 Å². The number of halogens is 1. The van der Waals surface area contributed by atoms with E-state index in [1.165, 1.54) is 36.4 Å². The largest absolute Gasteiger partial charge is 0.491 e. The molecule has 1 amide bonds. The Bertz CT molecular complexity index is 955. The van der Waals surface area contributed by atoms with Crippen molar-refractivity contribution in [1.29, 1.82) is 0 Å². The Hall–Kier alpha value is -3.35. The van der Waals surface area contributed by atoms with E-state index in [9.17, 15) is 14.0 Å². The first kappa shape index (κ1) is 24.9. The maximum atomic E-state index is 14.0. The van der Waals surface area contributed by atoms with Crippen LogP contribution in [-0.2, 0) is 4.74 Å². The Morgan fingerprint density at radius 3 is 2.19 bits per heavy atom. The molecule has 2 aromatic carbocycles. The van der Waals surface area contributed by atoms with Crippen molar-refractivity contribution < 1.29 is 28.2 Å². The third-order valence-electron chi connectivity index (χ3n) is 4.14. The highest BCUT2D eigenvalue weighted by Gasteiger charge is 2.16. The summed E-state index contributed by atoms with van der Waals surface area (Å²) in [6, 6.07) is 8.55. The number of anilines is 1. The SMILES string of the molecule is C=CCOC(=O)c1ccc(NC(=O)c2ccc(F)c(OCC(C)C)c2)c(OCC(C)C)c1. The molecular formula is C25H30FNO5. The Morgan fingerprint density at radius 2 is 1.56 bits per heavy atom. The fourth-order valence-corrected chi connectivity index (χ4v) is 2.55. The monoisotopic (exact) mass is 443 g/mol. The summed E-state index contributed by atoms with van der Waals surface area (Å²) in [5, 5.41) is 2.76. The van der Waals surface area contributed by atoms with E-state index in [1.54, 1.807) is 6.07 Å². The lowest BCUT2D eigenvalue weighted by atomic mass is 10.1. The minimum Gasteiger partial charge on any atom is -0.491 e. The number of ether oxygens (including phenoxy) is 3. The van der Waals surface area contributed by atoms with E-state index in [0.29, 0.717) is 24.7 Å². The zero-order chi connectivity index (χ0) is 23.7. The number of carbonyl (C=O) groups is 2. The van der Waals surface area contributed by atoms with Gasteiger partial charge in [0.25, 0.3) is 5.91 Å². The molecule has 0 aliphatic heterocycles. The third-order valence-corrected chi connectivity index (χ3v) is 4.14. The van der Waals surface area contributed by atoms with Gasteiger partial charge in [-0.1, -0.05) is 40.3 Å². The number of carbonyl (C=O) groups excluding carboxylic acids is 2. The minimum absolute atomic E-state index is 0.0166. The standard InChI is InChI=1S/C25H30FNO5/c1-6-11-30-25(29)19-8-10-21(23(13-19)32-15-17(4)5)27-24(28)18-7-9-20(26)22(12-18)31-14-16(2)3/h6-10,12-13,16-17H,1,11,14-15H2,2-5H3,(H,27,28). The van der Waals surface area contributed by atoms with Crippen molar-refractivity contribution in [1.82, 2.24) is 0 Å². The van der Waals surface area contributed by atoms with Crippen molar-refractivity contribution in [3.05, 3.63) is 66.0 Å². The van der Waals surface area contributed by atoms with E-state index in [2.05, 4.69) is 11.9 Å². The van der Waals surface area contributed by atoms with Crippen molar-refractivity contribution in [2.45, 2.75) is 27.7 Å². The average Bonchev–Trinajstić information content (AvgIpc) is 2.75. The highest BCUT2D eigenvalue weighted by Crippen LogP contribution is 2.28. The lowest BCUT2D eigenvalue weighted by molar-refractivity contribution is 0.0549. The maximum absolute atomic E-state index is 14.0. The first-order chi connectivity index (χ1) is 15.2. The predicted octanol–water partition coefficient (Wildman–Crippen LogP) is 5.49. The van der Waals surface area contributed by atoms with Crippen molar-refractivity contribution in [3.8, 4) is 11.5 Å². The van der Waals surface area contributed by atoms with Gasteiger partial charge < -0.3 is 19.5 Å². The van der Waals surface area contributed by atoms with Crippen LogP contribution in [0.3, 0.4) is 0 Å². The van der Waals surface area contributed by atoms with Gasteiger partial charge in [0.05, 0.1) is 24.5 Å². The fourth-order valence-electron chi connectivity index (χ4n) is 2.55. The summed E-state index contributed by atoms with van der Waals surface area (Å²) in [6.45, 7) is 12.2. The minimum atomic E-state index is -0.537. The summed E-state index contributed by atoms with van der Waals surface area (Å²) in [4.78, 5) is 25.0. The number of hydrogen-bond donors (Lipinski definition) is 1. The average molecular weight is 444 g/mol. The molecule has 0 saturated heterocycles. The lowest BCUT2D eigenvalue weighted by Crippen LogP contribution is -2.15. The smallest absolute Gasteiger partial charge is 0.338 e. The van der Waals surface area contributed by atoms with Gasteiger partial charge in [0.15, 0.2) is 11.6 Å². The number of hydrogen-bond acceptors (Lipinski definition) is 5. The lowest BCUT2D eigenvalue weighted by Gasteiger charge is -2.16. The number of nitrogens with one attached hydrogen (secondary N) is 1. The summed E-state index contributed by atoms with van der Waals surface area (Å²) in [5.74, 6) is -0.734. The van der Waals surface area contributed by atoms with Crippen LogP contribution in [0.15, 0.2) is 49.1 Å². The van der Waals surface area contributed by atoms with Gasteiger partial charge in [-0.2, -0.15) is 0 Å². The van der Waals surface area contributed by atoms with Crippen molar-refractivity contribution >= 4 is 17.6 Å². The second kappa shape index (κ2) is 11.9. The van der Waals surface area contributed by atoms with Crippen LogP contribution >= 0.6 is 0 Å². The van der Waals surface area contributed by atoms with Crippen molar-refractivity contribution in [2.24, 2.45) is 11.8 Å². The molecule has 6 nitrogen and oxygen atoms in total. The van der Waals surface area contributed by atoms with E-state index < -0.39 is 17.7 Å². The quantitative estimate of drug-likeness (QED) is 0.367. The molecular weight excluding hydrogens is 413 g/mol. The van der Waals surface area contributed by atoms with Gasteiger partial charge in [-0.15, -0.1) is 0 Å². The van der Waals surface area contributed by atoms with E-state index in [-0.39, 0.29) is 35.3 Å². The fraction of sp³-hybridized carbons (Fsp3) is 0.360. The molecule has 0 atom stereocenters. The number of esters is 1. The van der Waals surface area contributed by atoms with Crippen LogP contribution in [0.4, 0.5) is 10.1 Å². The van der Waals surface area contributed by atoms with Crippen molar-refractivity contribution in [2.75, 3.05) is 25.1 Å². The second-order valence-electron chi connectivity index (χ2n) is 8.11. The first-order valence-corrected chi connectivity index (χ1v) is 10.5. The molecule has 0 spiro atoms. The summed E-state index contributed by atoms with van der Waals surface area (Å²) < 4.78 is 30.4. The number of benzene rings is 2. The summed E-state index contributed by atoms with van der Waals surface area (Å²) >= 11 is 0. The molecule has 2 aromatic rings. The Labute approximate surface area is 188 Å². The number of rotatable bonds is 11. The Morgan fingerprint density at radius 1 is 0.969 bits per heavy atom. The van der Waals surface area contributed by atoms with E-state index in [4.69, 9.17) is 14.2 Å². The van der Waals surface area contributed by atoms with E-state index in [0.717, 1.165) is 0 Å². The zero-order valence-corrected chi connectivity index (χ0v) is 18.9. The predicted molar refractivity (Wildman–Crippen MR) is 122 cm³/mol. The third kappa shape index (κ3) is 7.41. The molecule has 7 heteroatoms. The number of amides is 1. The molecule has 0 saturated carbocycles. The molecule has 0 aliphatic carbocycles. The first-order valence-electron chi connectivity index (χ1n) is 10.5. The van der Waals surface area contributed by atoms with E-state index >= 15 is 0 Å². The van der Waals surface area contributed by atoms with Crippen LogP contribution in [0.5, 0.6) is 11.5 Å². The van der Waals surface area contributed by atoms with Crippen LogP contribution in [0, 0.1) is 17.7 Å². The maximum Gasteiger partial charge on any atom is 0.338 e. The molecule has 32 heavy (non-hydrogen) atoms. The second-order valence-corrected chi connectivity index (χ2v) is 8.11. The highest BCUT2D eigenvalue weighted by atomic mass is 19.1. The Kier molecular flexibility index (Phi) is 9.25.